The van der Waals surface area contributed by atoms with Crippen LogP contribution >= 0.6 is 0 Å². The number of esters is 1. The molecule has 2 aliphatic heterocycles. The van der Waals surface area contributed by atoms with Crippen LogP contribution in [0.1, 0.15) is 17.5 Å². The molecule has 4 rings (SSSR count). The molecule has 2 saturated heterocycles. The summed E-state index contributed by atoms with van der Waals surface area (Å²) in [6, 6.07) is 15.2. The summed E-state index contributed by atoms with van der Waals surface area (Å²) in [4.78, 5) is 40.0. The highest BCUT2D eigenvalue weighted by Crippen LogP contribution is 2.33. The van der Waals surface area contributed by atoms with E-state index in [4.69, 9.17) is 14.2 Å². The van der Waals surface area contributed by atoms with Crippen molar-refractivity contribution in [1.29, 1.82) is 0 Å². The van der Waals surface area contributed by atoms with Crippen LogP contribution in [0.5, 0.6) is 11.5 Å². The number of hydrogen-bond acceptors (Lipinski definition) is 6. The number of cyclic esters (lactones) is 1. The topological polar surface area (TPSA) is 82.1 Å². The first-order valence-corrected chi connectivity index (χ1v) is 10.7. The fourth-order valence-electron chi connectivity index (χ4n) is 4.57. The summed E-state index contributed by atoms with van der Waals surface area (Å²) in [7, 11) is 3.14. The molecule has 2 aliphatic rings. The van der Waals surface area contributed by atoms with Crippen molar-refractivity contribution in [3.8, 4) is 11.5 Å². The van der Waals surface area contributed by atoms with Gasteiger partial charge in [0, 0.05) is 43.0 Å². The van der Waals surface area contributed by atoms with Crippen molar-refractivity contribution in [2.45, 2.75) is 19.4 Å². The Morgan fingerprint density at radius 1 is 1.09 bits per heavy atom. The first kappa shape index (κ1) is 21.9. The normalized spacial score (nSPS) is 22.7. The van der Waals surface area contributed by atoms with Gasteiger partial charge in [-0.15, -0.1) is 0 Å². The standard InChI is InChI=1S/C25H27NO6/c1-30-20-9-8-17(21(12-20)31-2)13-26-14-18(11-22(26)27)24(28)23-19(15-32-25(23)29)10-16-6-4-3-5-7-16/h3-9,12,18-19,23H,10-11,13-15H2,1-2H3/t18?,19?,23-/m1/s1. The fourth-order valence-corrected chi connectivity index (χ4v) is 4.57. The van der Waals surface area contributed by atoms with Crippen LogP contribution in [0.15, 0.2) is 48.5 Å². The Morgan fingerprint density at radius 2 is 1.88 bits per heavy atom. The molecule has 2 aromatic rings. The predicted molar refractivity (Wildman–Crippen MR) is 116 cm³/mol. The van der Waals surface area contributed by atoms with E-state index in [1.54, 1.807) is 25.2 Å². The lowest BCUT2D eigenvalue weighted by atomic mass is 9.81. The maximum absolute atomic E-state index is 13.3. The van der Waals surface area contributed by atoms with Gasteiger partial charge in [-0.1, -0.05) is 30.3 Å². The number of hydrogen-bond donors (Lipinski definition) is 0. The second-order valence-electron chi connectivity index (χ2n) is 8.31. The summed E-state index contributed by atoms with van der Waals surface area (Å²) >= 11 is 0. The first-order valence-electron chi connectivity index (χ1n) is 10.7. The molecule has 1 amide bonds. The van der Waals surface area contributed by atoms with Gasteiger partial charge in [-0.25, -0.2) is 0 Å². The lowest BCUT2D eigenvalue weighted by Crippen LogP contribution is -2.34. The van der Waals surface area contributed by atoms with E-state index in [1.165, 1.54) is 0 Å². The van der Waals surface area contributed by atoms with Gasteiger partial charge >= 0.3 is 5.97 Å². The van der Waals surface area contributed by atoms with E-state index < -0.39 is 17.8 Å². The second kappa shape index (κ2) is 9.42. The van der Waals surface area contributed by atoms with Crippen LogP contribution in [0.3, 0.4) is 0 Å². The molecule has 0 N–H and O–H groups in total. The monoisotopic (exact) mass is 437 g/mol. The van der Waals surface area contributed by atoms with Crippen molar-refractivity contribution in [2.24, 2.45) is 17.8 Å². The minimum Gasteiger partial charge on any atom is -0.497 e. The number of likely N-dealkylation sites (tertiary alicyclic amines) is 1. The molecule has 2 heterocycles. The Bertz CT molecular complexity index is 1000. The van der Waals surface area contributed by atoms with Gasteiger partial charge in [-0.2, -0.15) is 0 Å². The number of carbonyl (C=O) groups excluding carboxylic acids is 3. The van der Waals surface area contributed by atoms with Gasteiger partial charge in [0.15, 0.2) is 5.78 Å². The summed E-state index contributed by atoms with van der Waals surface area (Å²) in [6.45, 7) is 0.852. The van der Waals surface area contributed by atoms with Crippen LogP contribution < -0.4 is 9.47 Å². The smallest absolute Gasteiger partial charge is 0.316 e. The van der Waals surface area contributed by atoms with Crippen LogP contribution in [-0.2, 0) is 32.1 Å². The highest BCUT2D eigenvalue weighted by Gasteiger charge is 2.47. The molecule has 0 saturated carbocycles. The molecule has 0 spiro atoms. The lowest BCUT2D eigenvalue weighted by molar-refractivity contribution is -0.146. The zero-order valence-corrected chi connectivity index (χ0v) is 18.3. The summed E-state index contributed by atoms with van der Waals surface area (Å²) in [5, 5.41) is 0. The lowest BCUT2D eigenvalue weighted by Gasteiger charge is -2.20. The average Bonchev–Trinajstić information content (AvgIpc) is 3.36. The second-order valence-corrected chi connectivity index (χ2v) is 8.31. The Kier molecular flexibility index (Phi) is 6.44. The molecule has 2 fully saturated rings. The van der Waals surface area contributed by atoms with Crippen LogP contribution in [-0.4, -0.2) is 49.9 Å². The molecule has 7 heteroatoms. The Labute approximate surface area is 187 Å². The SMILES string of the molecule is COc1ccc(CN2CC(C(=O)[C@@H]3C(=O)OCC3Cc3ccccc3)CC2=O)c(OC)c1. The van der Waals surface area contributed by atoms with Crippen molar-refractivity contribution < 1.29 is 28.6 Å². The summed E-state index contributed by atoms with van der Waals surface area (Å²) in [6.07, 6.45) is 0.704. The zero-order chi connectivity index (χ0) is 22.7. The number of nitrogens with zero attached hydrogens (tertiary/aromatic N) is 1. The molecule has 32 heavy (non-hydrogen) atoms. The molecule has 0 bridgehead atoms. The van der Waals surface area contributed by atoms with E-state index in [0.29, 0.717) is 24.5 Å². The zero-order valence-electron chi connectivity index (χ0n) is 18.3. The highest BCUT2D eigenvalue weighted by molar-refractivity contribution is 6.03. The number of rotatable bonds is 8. The number of amides is 1. The van der Waals surface area contributed by atoms with Crippen molar-refractivity contribution in [3.05, 3.63) is 59.7 Å². The van der Waals surface area contributed by atoms with Crippen molar-refractivity contribution in [2.75, 3.05) is 27.4 Å². The fraction of sp³-hybridized carbons (Fsp3) is 0.400. The maximum atomic E-state index is 13.3. The van der Waals surface area contributed by atoms with Gasteiger partial charge in [0.05, 0.1) is 20.8 Å². The van der Waals surface area contributed by atoms with Gasteiger partial charge in [-0.05, 0) is 24.1 Å². The maximum Gasteiger partial charge on any atom is 0.316 e. The van der Waals surface area contributed by atoms with Crippen LogP contribution in [0.25, 0.3) is 0 Å². The summed E-state index contributed by atoms with van der Waals surface area (Å²) < 4.78 is 15.9. The largest absolute Gasteiger partial charge is 0.497 e. The molecule has 0 aromatic heterocycles. The number of methoxy groups -OCH3 is 2. The number of Topliss-reactive ketones (excluding diaryl/α,β-unsaturated/α-hetero) is 1. The minimum atomic E-state index is -0.816. The Morgan fingerprint density at radius 3 is 2.59 bits per heavy atom. The van der Waals surface area contributed by atoms with Gasteiger partial charge in [0.25, 0.3) is 0 Å². The molecule has 168 valence electrons. The summed E-state index contributed by atoms with van der Waals surface area (Å²) in [5.74, 6) is -1.02. The molecular weight excluding hydrogens is 410 g/mol. The quantitative estimate of drug-likeness (QED) is 0.467. The third kappa shape index (κ3) is 4.47. The van der Waals surface area contributed by atoms with E-state index in [-0.39, 0.29) is 37.2 Å². The minimum absolute atomic E-state index is 0.104. The van der Waals surface area contributed by atoms with Gasteiger partial charge in [-0.3, -0.25) is 14.4 Å². The number of benzene rings is 2. The van der Waals surface area contributed by atoms with E-state index in [0.717, 1.165) is 11.1 Å². The predicted octanol–water partition coefficient (Wildman–Crippen LogP) is 2.65. The molecule has 3 atom stereocenters. The van der Waals surface area contributed by atoms with Gasteiger partial charge in [0.1, 0.15) is 17.4 Å². The van der Waals surface area contributed by atoms with Crippen molar-refractivity contribution >= 4 is 17.7 Å². The van der Waals surface area contributed by atoms with Crippen LogP contribution in [0, 0.1) is 17.8 Å². The highest BCUT2D eigenvalue weighted by atomic mass is 16.5. The van der Waals surface area contributed by atoms with Gasteiger partial charge in [0.2, 0.25) is 5.91 Å². The number of ketones is 1. The van der Waals surface area contributed by atoms with E-state index in [2.05, 4.69) is 0 Å². The Balaban J connectivity index is 1.45. The molecule has 2 unspecified atom stereocenters. The third-order valence-electron chi connectivity index (χ3n) is 6.28. The van der Waals surface area contributed by atoms with E-state index in [9.17, 15) is 14.4 Å². The Hall–Kier alpha value is -3.35. The molecular formula is C25H27NO6. The van der Waals surface area contributed by atoms with E-state index >= 15 is 0 Å². The van der Waals surface area contributed by atoms with Crippen molar-refractivity contribution in [1.82, 2.24) is 4.90 Å². The third-order valence-corrected chi connectivity index (χ3v) is 6.28. The van der Waals surface area contributed by atoms with Gasteiger partial charge < -0.3 is 19.1 Å². The average molecular weight is 437 g/mol. The molecule has 2 aromatic carbocycles. The van der Waals surface area contributed by atoms with E-state index in [1.807, 2.05) is 42.5 Å². The summed E-state index contributed by atoms with van der Waals surface area (Å²) in [5.41, 5.74) is 1.89. The van der Waals surface area contributed by atoms with Crippen LogP contribution in [0.2, 0.25) is 0 Å². The molecule has 7 nitrogen and oxygen atoms in total. The van der Waals surface area contributed by atoms with Crippen LogP contribution in [0.4, 0.5) is 0 Å². The van der Waals surface area contributed by atoms with Crippen molar-refractivity contribution in [3.63, 3.8) is 0 Å². The molecule has 0 radical (unpaired) electrons. The number of carbonyl (C=O) groups is 3. The number of ether oxygens (including phenoxy) is 3. The first-order chi connectivity index (χ1) is 15.5. The molecule has 0 aliphatic carbocycles.